The van der Waals surface area contributed by atoms with Crippen molar-refractivity contribution in [2.24, 2.45) is 5.92 Å². The number of aldehydes is 1. The molecule has 0 amide bonds. The fourth-order valence-corrected chi connectivity index (χ4v) is 1.16. The van der Waals surface area contributed by atoms with E-state index in [4.69, 9.17) is 4.74 Å². The van der Waals surface area contributed by atoms with E-state index in [2.05, 4.69) is 0 Å². The molecule has 58 valence electrons. The van der Waals surface area contributed by atoms with Crippen molar-refractivity contribution >= 4 is 6.29 Å². The van der Waals surface area contributed by atoms with Gasteiger partial charge in [-0.15, -0.1) is 0 Å². The molecule has 1 rings (SSSR count). The van der Waals surface area contributed by atoms with Gasteiger partial charge in [-0.3, -0.25) is 0 Å². The molecule has 2 heteroatoms. The van der Waals surface area contributed by atoms with Crippen LogP contribution in [0.25, 0.3) is 0 Å². The third-order valence-corrected chi connectivity index (χ3v) is 2.08. The van der Waals surface area contributed by atoms with E-state index in [-0.39, 0.29) is 6.61 Å². The van der Waals surface area contributed by atoms with E-state index >= 15 is 0 Å². The van der Waals surface area contributed by atoms with Crippen LogP contribution in [0.15, 0.2) is 0 Å². The Morgan fingerprint density at radius 2 is 2.30 bits per heavy atom. The second-order valence-corrected chi connectivity index (χ2v) is 2.83. The lowest BCUT2D eigenvalue weighted by Crippen LogP contribution is -2.13. The van der Waals surface area contributed by atoms with E-state index in [1.165, 1.54) is 19.3 Å². The van der Waals surface area contributed by atoms with Crippen LogP contribution in [0.5, 0.6) is 0 Å². The van der Waals surface area contributed by atoms with Crippen LogP contribution in [0.1, 0.15) is 25.7 Å². The summed E-state index contributed by atoms with van der Waals surface area (Å²) in [6, 6.07) is 0. The van der Waals surface area contributed by atoms with Crippen LogP contribution in [0.3, 0.4) is 0 Å². The van der Waals surface area contributed by atoms with Crippen molar-refractivity contribution < 1.29 is 9.53 Å². The van der Waals surface area contributed by atoms with Gasteiger partial charge in [0.05, 0.1) is 0 Å². The maximum Gasteiger partial charge on any atom is 0.145 e. The average molecular weight is 142 g/mol. The number of hydrogen-bond acceptors (Lipinski definition) is 2. The minimum atomic E-state index is 0.271. The molecular weight excluding hydrogens is 128 g/mol. The number of ether oxygens (including phenoxy) is 1. The van der Waals surface area contributed by atoms with Gasteiger partial charge in [0.25, 0.3) is 0 Å². The Morgan fingerprint density at radius 1 is 1.50 bits per heavy atom. The van der Waals surface area contributed by atoms with E-state index in [0.29, 0.717) is 0 Å². The van der Waals surface area contributed by atoms with Crippen molar-refractivity contribution in [2.45, 2.75) is 25.7 Å². The van der Waals surface area contributed by atoms with Crippen molar-refractivity contribution in [1.29, 1.82) is 0 Å². The monoisotopic (exact) mass is 142 g/mol. The fraction of sp³-hybridized carbons (Fsp3) is 0.875. The number of carbonyl (C=O) groups excluding carboxylic acids is 1. The highest BCUT2D eigenvalue weighted by atomic mass is 16.5. The average Bonchev–Trinajstić information content (AvgIpc) is 1.84. The molecule has 1 saturated carbocycles. The van der Waals surface area contributed by atoms with Gasteiger partial charge < -0.3 is 9.53 Å². The van der Waals surface area contributed by atoms with Crippen molar-refractivity contribution in [3.05, 3.63) is 0 Å². The minimum Gasteiger partial charge on any atom is -0.374 e. The molecule has 10 heavy (non-hydrogen) atoms. The maximum atomic E-state index is 9.81. The highest BCUT2D eigenvalue weighted by Crippen LogP contribution is 2.28. The fourth-order valence-electron chi connectivity index (χ4n) is 1.16. The predicted molar refractivity (Wildman–Crippen MR) is 38.8 cm³/mol. The van der Waals surface area contributed by atoms with Crippen LogP contribution in [-0.2, 0) is 9.53 Å². The van der Waals surface area contributed by atoms with E-state index in [0.717, 1.165) is 25.2 Å². The quantitative estimate of drug-likeness (QED) is 0.428. The smallest absolute Gasteiger partial charge is 0.145 e. The molecule has 1 fully saturated rings. The Bertz CT molecular complexity index is 97.4. The van der Waals surface area contributed by atoms with Crippen LogP contribution in [0.4, 0.5) is 0 Å². The first-order valence-electron chi connectivity index (χ1n) is 3.95. The van der Waals surface area contributed by atoms with Crippen molar-refractivity contribution in [3.63, 3.8) is 0 Å². The first-order chi connectivity index (χ1) is 4.93. The Balaban J connectivity index is 1.80. The third kappa shape index (κ3) is 2.48. The summed E-state index contributed by atoms with van der Waals surface area (Å²) in [5, 5.41) is 0. The second kappa shape index (κ2) is 4.45. The van der Waals surface area contributed by atoms with Gasteiger partial charge in [0.2, 0.25) is 0 Å². The van der Waals surface area contributed by atoms with Crippen LogP contribution in [0, 0.1) is 5.92 Å². The Hall–Kier alpha value is -0.370. The van der Waals surface area contributed by atoms with Crippen LogP contribution < -0.4 is 0 Å². The maximum absolute atomic E-state index is 9.81. The molecule has 0 aromatic rings. The standard InChI is InChI=1S/C8H14O2/c9-5-7-10-6-4-8-2-1-3-8/h5,8H,1-4,6-7H2. The summed E-state index contributed by atoms with van der Waals surface area (Å²) in [6.45, 7) is 1.04. The zero-order chi connectivity index (χ0) is 7.23. The highest BCUT2D eigenvalue weighted by Gasteiger charge is 2.16. The molecular formula is C8H14O2. The lowest BCUT2D eigenvalue weighted by atomic mass is 9.83. The summed E-state index contributed by atoms with van der Waals surface area (Å²) >= 11 is 0. The summed E-state index contributed by atoms with van der Waals surface area (Å²) in [7, 11) is 0. The molecule has 0 aromatic carbocycles. The summed E-state index contributed by atoms with van der Waals surface area (Å²) < 4.78 is 5.02. The number of carbonyl (C=O) groups is 1. The molecule has 0 aromatic heterocycles. The molecule has 0 atom stereocenters. The van der Waals surface area contributed by atoms with E-state index in [1.807, 2.05) is 0 Å². The van der Waals surface area contributed by atoms with Gasteiger partial charge in [-0.1, -0.05) is 19.3 Å². The van der Waals surface area contributed by atoms with Crippen LogP contribution in [-0.4, -0.2) is 19.5 Å². The van der Waals surface area contributed by atoms with E-state index in [9.17, 15) is 4.79 Å². The van der Waals surface area contributed by atoms with E-state index < -0.39 is 0 Å². The summed E-state index contributed by atoms with van der Waals surface area (Å²) in [4.78, 5) is 9.81. The molecule has 0 saturated heterocycles. The molecule has 0 N–H and O–H groups in total. The number of rotatable bonds is 5. The molecule has 0 heterocycles. The molecule has 0 unspecified atom stereocenters. The lowest BCUT2D eigenvalue weighted by Gasteiger charge is -2.24. The third-order valence-electron chi connectivity index (χ3n) is 2.08. The second-order valence-electron chi connectivity index (χ2n) is 2.83. The number of hydrogen-bond donors (Lipinski definition) is 0. The molecule has 0 spiro atoms. The summed E-state index contributed by atoms with van der Waals surface area (Å²) in [5.41, 5.74) is 0. The zero-order valence-electron chi connectivity index (χ0n) is 6.21. The molecule has 0 aliphatic heterocycles. The van der Waals surface area contributed by atoms with Gasteiger partial charge in [0, 0.05) is 6.61 Å². The van der Waals surface area contributed by atoms with Crippen molar-refractivity contribution in [1.82, 2.24) is 0 Å². The van der Waals surface area contributed by atoms with Gasteiger partial charge in [0.15, 0.2) is 0 Å². The Kier molecular flexibility index (Phi) is 3.44. The Labute approximate surface area is 61.6 Å². The van der Waals surface area contributed by atoms with Gasteiger partial charge in [-0.25, -0.2) is 0 Å². The first-order valence-corrected chi connectivity index (χ1v) is 3.95. The summed E-state index contributed by atoms with van der Waals surface area (Å²) in [6.07, 6.45) is 6.07. The van der Waals surface area contributed by atoms with Gasteiger partial charge in [-0.2, -0.15) is 0 Å². The predicted octanol–water partition coefficient (Wildman–Crippen LogP) is 1.39. The highest BCUT2D eigenvalue weighted by molar-refractivity contribution is 5.50. The molecule has 0 radical (unpaired) electrons. The van der Waals surface area contributed by atoms with Gasteiger partial charge >= 0.3 is 0 Å². The molecule has 1 aliphatic carbocycles. The first kappa shape index (κ1) is 7.73. The van der Waals surface area contributed by atoms with E-state index in [1.54, 1.807) is 0 Å². The van der Waals surface area contributed by atoms with Gasteiger partial charge in [-0.05, 0) is 12.3 Å². The molecule has 0 bridgehead atoms. The van der Waals surface area contributed by atoms with Crippen LogP contribution in [0.2, 0.25) is 0 Å². The minimum absolute atomic E-state index is 0.271. The normalized spacial score (nSPS) is 18.4. The van der Waals surface area contributed by atoms with Crippen molar-refractivity contribution in [3.8, 4) is 0 Å². The lowest BCUT2D eigenvalue weighted by molar-refractivity contribution is -0.112. The Morgan fingerprint density at radius 3 is 2.80 bits per heavy atom. The van der Waals surface area contributed by atoms with Crippen molar-refractivity contribution in [2.75, 3.05) is 13.2 Å². The van der Waals surface area contributed by atoms with Crippen LogP contribution >= 0.6 is 0 Å². The van der Waals surface area contributed by atoms with Gasteiger partial charge in [0.1, 0.15) is 12.9 Å². The summed E-state index contributed by atoms with van der Waals surface area (Å²) in [5.74, 6) is 0.895. The largest absolute Gasteiger partial charge is 0.374 e. The molecule has 2 nitrogen and oxygen atoms in total. The zero-order valence-corrected chi connectivity index (χ0v) is 6.21. The topological polar surface area (TPSA) is 26.3 Å². The molecule has 1 aliphatic rings. The SMILES string of the molecule is O=CCOCCC1CCC1.